The number of nitrogens with zero attached hydrogens (tertiary/aromatic N) is 4. The first kappa shape index (κ1) is 26.1. The molecule has 2 aromatic carbocycles. The molecule has 3 N–H and O–H groups in total. The van der Waals surface area contributed by atoms with Crippen molar-refractivity contribution in [2.45, 2.75) is 12.8 Å². The zero-order valence-corrected chi connectivity index (χ0v) is 22.3. The Morgan fingerprint density at radius 2 is 2.03 bits per heavy atom. The number of anilines is 3. The first-order valence-electron chi connectivity index (χ1n) is 12.6. The highest BCUT2D eigenvalue weighted by Crippen LogP contribution is 2.36. The summed E-state index contributed by atoms with van der Waals surface area (Å²) in [6, 6.07) is 10.1. The fraction of sp³-hybridized carbons (Fsp3) is 0.286. The molecule has 0 saturated carbocycles. The molecule has 1 aliphatic heterocycles. The number of amides is 2. The van der Waals surface area contributed by atoms with E-state index in [2.05, 4.69) is 20.6 Å². The minimum absolute atomic E-state index is 0.0346. The normalized spacial score (nSPS) is 12.6. The smallest absolute Gasteiger partial charge is 0.256 e. The average Bonchev–Trinajstić information content (AvgIpc) is 3.54. The first-order chi connectivity index (χ1) is 18.8. The average molecular weight is 532 g/mol. The van der Waals surface area contributed by atoms with Gasteiger partial charge in [-0.2, -0.15) is 0 Å². The number of methoxy groups -OCH3 is 1. The van der Waals surface area contributed by atoms with E-state index in [1.165, 1.54) is 19.2 Å². The monoisotopic (exact) mass is 531 g/mol. The second kappa shape index (κ2) is 10.7. The molecular formula is C28H30FN7O3. The minimum atomic E-state index is -0.643. The van der Waals surface area contributed by atoms with E-state index in [9.17, 15) is 14.0 Å². The maximum absolute atomic E-state index is 14.6. The molecule has 2 aromatic heterocycles. The van der Waals surface area contributed by atoms with Gasteiger partial charge in [0.25, 0.3) is 5.91 Å². The molecule has 1 aliphatic rings. The minimum Gasteiger partial charge on any atom is -0.496 e. The molecule has 0 bridgehead atoms. The third-order valence-electron chi connectivity index (χ3n) is 6.66. The van der Waals surface area contributed by atoms with Crippen molar-refractivity contribution in [1.29, 1.82) is 0 Å². The Labute approximate surface area is 225 Å². The Hall–Kier alpha value is -4.51. The molecule has 0 atom stereocenters. The Kier molecular flexibility index (Phi) is 7.16. The van der Waals surface area contributed by atoms with Gasteiger partial charge in [-0.25, -0.2) is 14.4 Å². The van der Waals surface area contributed by atoms with Crippen LogP contribution in [0.3, 0.4) is 0 Å². The van der Waals surface area contributed by atoms with Crippen molar-refractivity contribution in [3.8, 4) is 5.75 Å². The topological polar surface area (TPSA) is 115 Å². The Bertz CT molecular complexity index is 1570. The molecular weight excluding hydrogens is 501 g/mol. The van der Waals surface area contributed by atoms with Gasteiger partial charge in [0.2, 0.25) is 5.91 Å². The molecule has 10 nitrogen and oxygen atoms in total. The maximum atomic E-state index is 14.6. The third-order valence-corrected chi connectivity index (χ3v) is 6.66. The number of ether oxygens (including phenoxy) is 1. The largest absolute Gasteiger partial charge is 0.496 e. The summed E-state index contributed by atoms with van der Waals surface area (Å²) in [5, 5.41) is 6.30. The lowest BCUT2D eigenvalue weighted by atomic mass is 10.0. The van der Waals surface area contributed by atoms with Gasteiger partial charge in [-0.05, 0) is 56.4 Å². The van der Waals surface area contributed by atoms with E-state index in [-0.39, 0.29) is 17.2 Å². The van der Waals surface area contributed by atoms with Crippen LogP contribution in [-0.2, 0) is 17.6 Å². The van der Waals surface area contributed by atoms with Gasteiger partial charge in [-0.3, -0.25) is 9.59 Å². The van der Waals surface area contributed by atoms with Crippen LogP contribution in [0, 0.1) is 5.82 Å². The highest BCUT2D eigenvalue weighted by molar-refractivity contribution is 6.01. The summed E-state index contributed by atoms with van der Waals surface area (Å²) in [7, 11) is 6.80. The fourth-order valence-corrected chi connectivity index (χ4v) is 4.84. The molecule has 202 valence electrons. The molecule has 3 heterocycles. The highest BCUT2D eigenvalue weighted by atomic mass is 19.1. The molecule has 0 unspecified atom stereocenters. The number of hydrogen-bond donors (Lipinski definition) is 3. The first-order valence-corrected chi connectivity index (χ1v) is 12.6. The van der Waals surface area contributed by atoms with Crippen LogP contribution >= 0.6 is 0 Å². The number of H-pyrrole nitrogens is 1. The lowest BCUT2D eigenvalue weighted by Gasteiger charge is -2.21. The summed E-state index contributed by atoms with van der Waals surface area (Å²) < 4.78 is 20.3. The second-order valence-electron chi connectivity index (χ2n) is 9.60. The second-order valence-corrected chi connectivity index (χ2v) is 9.60. The molecule has 0 fully saturated rings. The number of benzene rings is 2. The van der Waals surface area contributed by atoms with E-state index in [0.717, 1.165) is 23.2 Å². The SMILES string of the molecule is CNC(=O)c1c(F)cccc1Nc1nc(Cc2cc3c(cc2OC)CCN3C(=O)CN(C)C)nc2[nH]ccc12. The molecule has 5 rings (SSSR count). The highest BCUT2D eigenvalue weighted by Gasteiger charge is 2.27. The molecule has 39 heavy (non-hydrogen) atoms. The number of aromatic nitrogens is 3. The maximum Gasteiger partial charge on any atom is 0.256 e. The number of carbonyl (C=O) groups is 2. The fourth-order valence-electron chi connectivity index (χ4n) is 4.84. The van der Waals surface area contributed by atoms with Crippen molar-refractivity contribution in [3.05, 3.63) is 70.9 Å². The van der Waals surface area contributed by atoms with E-state index in [1.54, 1.807) is 19.4 Å². The van der Waals surface area contributed by atoms with Crippen LogP contribution in [0.1, 0.15) is 27.3 Å². The van der Waals surface area contributed by atoms with E-state index in [1.807, 2.05) is 42.1 Å². The van der Waals surface area contributed by atoms with Crippen molar-refractivity contribution >= 4 is 40.0 Å². The van der Waals surface area contributed by atoms with Crippen LogP contribution in [0.4, 0.5) is 21.6 Å². The van der Waals surface area contributed by atoms with Gasteiger partial charge in [0, 0.05) is 37.5 Å². The van der Waals surface area contributed by atoms with E-state index < -0.39 is 11.7 Å². The number of likely N-dealkylation sites (N-methyl/N-ethyl adjacent to an activating group) is 1. The van der Waals surface area contributed by atoms with Gasteiger partial charge in [0.05, 0.1) is 30.3 Å². The quantitative estimate of drug-likeness (QED) is 0.320. The van der Waals surface area contributed by atoms with Gasteiger partial charge in [0.15, 0.2) is 0 Å². The number of fused-ring (bicyclic) bond motifs is 2. The van der Waals surface area contributed by atoms with Crippen molar-refractivity contribution < 1.29 is 18.7 Å². The lowest BCUT2D eigenvalue weighted by molar-refractivity contribution is -0.119. The van der Waals surface area contributed by atoms with Gasteiger partial charge >= 0.3 is 0 Å². The summed E-state index contributed by atoms with van der Waals surface area (Å²) in [6.45, 7) is 0.940. The standard InChI is InChI=1S/C28H30FN7O3/c1-30-28(38)25-19(29)6-5-7-20(25)32-27-18-8-10-31-26(18)33-23(34-27)14-17-12-21-16(13-22(17)39-4)9-11-36(21)24(37)15-35(2)3/h5-8,10,12-13H,9,11,14-15H2,1-4H3,(H,30,38)(H2,31,32,33,34). The zero-order chi connectivity index (χ0) is 27.7. The molecule has 2 amide bonds. The van der Waals surface area contributed by atoms with Gasteiger partial charge in [0.1, 0.15) is 28.9 Å². The van der Waals surface area contributed by atoms with E-state index in [4.69, 9.17) is 9.72 Å². The predicted molar refractivity (Wildman–Crippen MR) is 147 cm³/mol. The Balaban J connectivity index is 1.52. The molecule has 0 saturated heterocycles. The summed E-state index contributed by atoms with van der Waals surface area (Å²) in [5.41, 5.74) is 3.52. The van der Waals surface area contributed by atoms with Crippen LogP contribution in [0.2, 0.25) is 0 Å². The van der Waals surface area contributed by atoms with Crippen molar-refractivity contribution in [2.75, 3.05) is 51.6 Å². The number of carbonyl (C=O) groups excluding carboxylic acids is 2. The van der Waals surface area contributed by atoms with Gasteiger partial charge < -0.3 is 30.2 Å². The summed E-state index contributed by atoms with van der Waals surface area (Å²) >= 11 is 0. The van der Waals surface area contributed by atoms with E-state index in [0.29, 0.717) is 47.9 Å². The van der Waals surface area contributed by atoms with Crippen LogP contribution in [0.25, 0.3) is 11.0 Å². The Morgan fingerprint density at radius 3 is 2.77 bits per heavy atom. The van der Waals surface area contributed by atoms with Crippen LogP contribution in [-0.4, -0.2) is 73.0 Å². The predicted octanol–water partition coefficient (Wildman–Crippen LogP) is 3.25. The zero-order valence-electron chi connectivity index (χ0n) is 22.3. The number of aromatic amines is 1. The summed E-state index contributed by atoms with van der Waals surface area (Å²) in [5.74, 6) is 0.434. The molecule has 4 aromatic rings. The Morgan fingerprint density at radius 1 is 1.21 bits per heavy atom. The summed E-state index contributed by atoms with van der Waals surface area (Å²) in [4.78, 5) is 41.4. The molecule has 11 heteroatoms. The molecule has 0 spiro atoms. The molecule has 0 aliphatic carbocycles. The van der Waals surface area contributed by atoms with Crippen molar-refractivity contribution in [2.24, 2.45) is 0 Å². The van der Waals surface area contributed by atoms with Crippen LogP contribution in [0.15, 0.2) is 42.6 Å². The van der Waals surface area contributed by atoms with Crippen molar-refractivity contribution in [1.82, 2.24) is 25.2 Å². The van der Waals surface area contributed by atoms with Crippen LogP contribution < -0.4 is 20.3 Å². The van der Waals surface area contributed by atoms with Crippen molar-refractivity contribution in [3.63, 3.8) is 0 Å². The number of hydrogen-bond acceptors (Lipinski definition) is 7. The lowest BCUT2D eigenvalue weighted by Crippen LogP contribution is -2.36. The van der Waals surface area contributed by atoms with Gasteiger partial charge in [-0.15, -0.1) is 0 Å². The van der Waals surface area contributed by atoms with Crippen LogP contribution in [0.5, 0.6) is 5.75 Å². The summed E-state index contributed by atoms with van der Waals surface area (Å²) in [6.07, 6.45) is 2.82. The number of rotatable bonds is 8. The van der Waals surface area contributed by atoms with Gasteiger partial charge in [-0.1, -0.05) is 6.07 Å². The number of nitrogens with one attached hydrogen (secondary N) is 3. The third kappa shape index (κ3) is 5.13. The number of halogens is 1. The van der Waals surface area contributed by atoms with E-state index >= 15 is 0 Å². The molecule has 0 radical (unpaired) electrons.